The molecule has 0 saturated heterocycles. The highest BCUT2D eigenvalue weighted by Crippen LogP contribution is 2.26. The van der Waals surface area contributed by atoms with Crippen LogP contribution in [0, 0.1) is 5.41 Å². The molecule has 0 aromatic carbocycles. The van der Waals surface area contributed by atoms with E-state index in [1.54, 1.807) is 0 Å². The van der Waals surface area contributed by atoms with E-state index < -0.39 is 0 Å². The van der Waals surface area contributed by atoms with Gasteiger partial charge in [0.2, 0.25) is 0 Å². The number of hydrogen-bond donors (Lipinski definition) is 0. The number of nitrogens with zero attached hydrogens (tertiary/aromatic N) is 1. The molecule has 0 aliphatic carbocycles. The van der Waals surface area contributed by atoms with Gasteiger partial charge in [-0.2, -0.15) is 0 Å². The summed E-state index contributed by atoms with van der Waals surface area (Å²) in [5.74, 6) is 0. The van der Waals surface area contributed by atoms with Crippen LogP contribution < -0.4 is 4.90 Å². The third-order valence-corrected chi connectivity index (χ3v) is 2.94. The summed E-state index contributed by atoms with van der Waals surface area (Å²) in [6, 6.07) is 3.87. The van der Waals surface area contributed by atoms with Gasteiger partial charge in [0.1, 0.15) is 0 Å². The van der Waals surface area contributed by atoms with Crippen molar-refractivity contribution in [2.75, 3.05) is 18.5 Å². The molecule has 0 radical (unpaired) electrons. The first-order valence-corrected chi connectivity index (χ1v) is 5.50. The van der Waals surface area contributed by atoms with Crippen molar-refractivity contribution in [2.24, 2.45) is 5.41 Å². The van der Waals surface area contributed by atoms with E-state index >= 15 is 0 Å². The van der Waals surface area contributed by atoms with E-state index in [1.807, 2.05) is 12.1 Å². The van der Waals surface area contributed by atoms with Crippen molar-refractivity contribution in [3.63, 3.8) is 0 Å². The Bertz CT molecular complexity index is 311. The molecule has 0 spiro atoms. The summed E-state index contributed by atoms with van der Waals surface area (Å²) in [5.41, 5.74) is 0.278. The quantitative estimate of drug-likeness (QED) is 0.716. The van der Waals surface area contributed by atoms with Gasteiger partial charge in [0.05, 0.1) is 9.88 Å². The van der Waals surface area contributed by atoms with Crippen LogP contribution in [0.4, 0.5) is 5.00 Å². The molecule has 78 valence electrons. The number of hydrogen-bond acceptors (Lipinski definition) is 3. The van der Waals surface area contributed by atoms with Gasteiger partial charge in [0, 0.05) is 13.6 Å². The van der Waals surface area contributed by atoms with Gasteiger partial charge in [0.15, 0.2) is 6.29 Å². The lowest BCUT2D eigenvalue weighted by Gasteiger charge is -2.26. The monoisotopic (exact) mass is 211 g/mol. The lowest BCUT2D eigenvalue weighted by molar-refractivity contribution is 0.112. The minimum absolute atomic E-state index is 0.278. The third-order valence-electron chi connectivity index (χ3n) is 1.82. The first-order chi connectivity index (χ1) is 6.42. The molecule has 0 saturated carbocycles. The minimum Gasteiger partial charge on any atom is -0.366 e. The number of aldehydes is 1. The zero-order chi connectivity index (χ0) is 10.8. The maximum absolute atomic E-state index is 10.5. The van der Waals surface area contributed by atoms with E-state index in [4.69, 9.17) is 0 Å². The number of thiophene rings is 1. The lowest BCUT2D eigenvalue weighted by atomic mass is 9.96. The fourth-order valence-corrected chi connectivity index (χ4v) is 2.18. The van der Waals surface area contributed by atoms with Crippen molar-refractivity contribution in [3.05, 3.63) is 17.0 Å². The van der Waals surface area contributed by atoms with Crippen molar-refractivity contribution in [3.8, 4) is 0 Å². The van der Waals surface area contributed by atoms with Crippen molar-refractivity contribution in [2.45, 2.75) is 20.8 Å². The van der Waals surface area contributed by atoms with Crippen LogP contribution in [-0.4, -0.2) is 19.9 Å². The first-order valence-electron chi connectivity index (χ1n) is 4.68. The number of carbonyl (C=O) groups excluding carboxylic acids is 1. The van der Waals surface area contributed by atoms with E-state index in [0.717, 1.165) is 22.7 Å². The second-order valence-electron chi connectivity index (χ2n) is 4.71. The second-order valence-corrected chi connectivity index (χ2v) is 5.80. The van der Waals surface area contributed by atoms with Gasteiger partial charge in [-0.05, 0) is 17.5 Å². The van der Waals surface area contributed by atoms with Crippen LogP contribution in [0.15, 0.2) is 12.1 Å². The van der Waals surface area contributed by atoms with Gasteiger partial charge in [-0.15, -0.1) is 11.3 Å². The highest BCUT2D eigenvalue weighted by atomic mass is 32.1. The Morgan fingerprint density at radius 2 is 2.07 bits per heavy atom. The van der Waals surface area contributed by atoms with Gasteiger partial charge in [-0.1, -0.05) is 20.8 Å². The fraction of sp³-hybridized carbons (Fsp3) is 0.545. The molecule has 3 heteroatoms. The molecule has 1 rings (SSSR count). The van der Waals surface area contributed by atoms with E-state index in [1.165, 1.54) is 11.3 Å². The standard InChI is InChI=1S/C11H17NOS/c1-11(2,3)8-12(4)10-6-5-9(7-13)14-10/h5-7H,8H2,1-4H3. The summed E-state index contributed by atoms with van der Waals surface area (Å²) in [6.07, 6.45) is 0.902. The molecule has 1 aromatic rings. The molecular formula is C11H17NOS. The van der Waals surface area contributed by atoms with Gasteiger partial charge in [0.25, 0.3) is 0 Å². The second kappa shape index (κ2) is 4.13. The highest BCUT2D eigenvalue weighted by Gasteiger charge is 2.14. The normalized spacial score (nSPS) is 11.4. The molecule has 0 unspecified atom stereocenters. The molecule has 0 fully saturated rings. The summed E-state index contributed by atoms with van der Waals surface area (Å²) < 4.78 is 0. The van der Waals surface area contributed by atoms with Crippen LogP contribution in [-0.2, 0) is 0 Å². The number of carbonyl (C=O) groups is 1. The largest absolute Gasteiger partial charge is 0.366 e. The molecule has 0 amide bonds. The van der Waals surface area contributed by atoms with E-state index in [9.17, 15) is 4.79 Å². The molecular weight excluding hydrogens is 194 g/mol. The van der Waals surface area contributed by atoms with Crippen LogP contribution in [0.1, 0.15) is 30.4 Å². The van der Waals surface area contributed by atoms with Gasteiger partial charge in [-0.3, -0.25) is 4.79 Å². The zero-order valence-electron chi connectivity index (χ0n) is 9.20. The summed E-state index contributed by atoms with van der Waals surface area (Å²) in [5, 5.41) is 1.15. The van der Waals surface area contributed by atoms with Crippen LogP contribution in [0.5, 0.6) is 0 Å². The first kappa shape index (κ1) is 11.2. The Hall–Kier alpha value is -0.830. The SMILES string of the molecule is CN(CC(C)(C)C)c1ccc(C=O)s1. The predicted molar refractivity (Wildman–Crippen MR) is 62.4 cm³/mol. The fourth-order valence-electron chi connectivity index (χ4n) is 1.40. The molecule has 1 aromatic heterocycles. The van der Waals surface area contributed by atoms with Gasteiger partial charge < -0.3 is 4.90 Å². The van der Waals surface area contributed by atoms with Crippen LogP contribution in [0.2, 0.25) is 0 Å². The summed E-state index contributed by atoms with van der Waals surface area (Å²) >= 11 is 1.54. The smallest absolute Gasteiger partial charge is 0.160 e. The third kappa shape index (κ3) is 3.14. The molecule has 0 bridgehead atoms. The van der Waals surface area contributed by atoms with Crippen LogP contribution in [0.3, 0.4) is 0 Å². The maximum Gasteiger partial charge on any atom is 0.160 e. The topological polar surface area (TPSA) is 20.3 Å². The molecule has 0 atom stereocenters. The Morgan fingerprint density at radius 1 is 1.43 bits per heavy atom. The Kier molecular flexibility index (Phi) is 3.32. The molecule has 1 heterocycles. The average molecular weight is 211 g/mol. The summed E-state index contributed by atoms with van der Waals surface area (Å²) in [6.45, 7) is 7.61. The summed E-state index contributed by atoms with van der Waals surface area (Å²) in [4.78, 5) is 13.5. The molecule has 2 nitrogen and oxygen atoms in total. The lowest BCUT2D eigenvalue weighted by Crippen LogP contribution is -2.28. The van der Waals surface area contributed by atoms with Crippen molar-refractivity contribution < 1.29 is 4.79 Å². The van der Waals surface area contributed by atoms with Crippen molar-refractivity contribution in [1.29, 1.82) is 0 Å². The predicted octanol–water partition coefficient (Wildman–Crippen LogP) is 3.04. The molecule has 14 heavy (non-hydrogen) atoms. The summed E-state index contributed by atoms with van der Waals surface area (Å²) in [7, 11) is 2.06. The molecule has 0 N–H and O–H groups in total. The minimum atomic E-state index is 0.278. The average Bonchev–Trinajstić information content (AvgIpc) is 2.48. The van der Waals surface area contributed by atoms with E-state index in [0.29, 0.717) is 0 Å². The highest BCUT2D eigenvalue weighted by molar-refractivity contribution is 7.17. The molecule has 0 aliphatic rings. The Morgan fingerprint density at radius 3 is 2.50 bits per heavy atom. The zero-order valence-corrected chi connectivity index (χ0v) is 10.0. The number of anilines is 1. The van der Waals surface area contributed by atoms with Gasteiger partial charge >= 0.3 is 0 Å². The van der Waals surface area contributed by atoms with E-state index in [-0.39, 0.29) is 5.41 Å². The van der Waals surface area contributed by atoms with Crippen LogP contribution in [0.25, 0.3) is 0 Å². The number of rotatable bonds is 3. The van der Waals surface area contributed by atoms with Crippen molar-refractivity contribution >= 4 is 22.6 Å². The Balaban J connectivity index is 2.69. The Labute approximate surface area is 89.5 Å². The van der Waals surface area contributed by atoms with Crippen LogP contribution >= 0.6 is 11.3 Å². The van der Waals surface area contributed by atoms with E-state index in [2.05, 4.69) is 32.7 Å². The molecule has 0 aliphatic heterocycles. The maximum atomic E-state index is 10.5. The van der Waals surface area contributed by atoms with Gasteiger partial charge in [-0.25, -0.2) is 0 Å². The van der Waals surface area contributed by atoms with Crippen molar-refractivity contribution in [1.82, 2.24) is 0 Å².